The molecule has 1 aromatic carbocycles. The Morgan fingerprint density at radius 3 is 2.50 bits per heavy atom. The van der Waals surface area contributed by atoms with E-state index in [1.54, 1.807) is 6.08 Å². The second-order valence-electron chi connectivity index (χ2n) is 5.00. The molecule has 1 aromatic rings. The van der Waals surface area contributed by atoms with Gasteiger partial charge < -0.3 is 9.84 Å². The van der Waals surface area contributed by atoms with E-state index in [1.807, 2.05) is 12.1 Å². The Morgan fingerprint density at radius 1 is 1.39 bits per heavy atom. The van der Waals surface area contributed by atoms with Gasteiger partial charge in [-0.05, 0) is 45.1 Å². The van der Waals surface area contributed by atoms with E-state index < -0.39 is 5.97 Å². The van der Waals surface area contributed by atoms with E-state index in [9.17, 15) is 9.90 Å². The van der Waals surface area contributed by atoms with Crippen LogP contribution < -0.4 is 0 Å². The van der Waals surface area contributed by atoms with Crippen LogP contribution in [0.1, 0.15) is 31.9 Å². The Kier molecular flexibility index (Phi) is 4.57. The van der Waals surface area contributed by atoms with E-state index in [1.165, 1.54) is 13.2 Å². The standard InChI is InChI=1S/C14H17BrO3/c1-14(2,3)10-7-9(5-6-12(16)18-4)13(17)11(15)8-10/h5-8,17H,1-4H3. The van der Waals surface area contributed by atoms with Crippen molar-refractivity contribution in [3.63, 3.8) is 0 Å². The van der Waals surface area contributed by atoms with E-state index in [4.69, 9.17) is 0 Å². The monoisotopic (exact) mass is 312 g/mol. The molecule has 0 aliphatic heterocycles. The Hall–Kier alpha value is -1.29. The lowest BCUT2D eigenvalue weighted by molar-refractivity contribution is -0.134. The number of phenolic OH excluding ortho intramolecular Hbond substituents is 1. The summed E-state index contributed by atoms with van der Waals surface area (Å²) in [4.78, 5) is 11.1. The minimum atomic E-state index is -0.452. The van der Waals surface area contributed by atoms with Gasteiger partial charge in [0.1, 0.15) is 5.75 Å². The van der Waals surface area contributed by atoms with E-state index in [0.29, 0.717) is 10.0 Å². The van der Waals surface area contributed by atoms with Gasteiger partial charge in [-0.15, -0.1) is 0 Å². The Morgan fingerprint density at radius 2 is 2.00 bits per heavy atom. The summed E-state index contributed by atoms with van der Waals surface area (Å²) in [6, 6.07) is 3.74. The molecule has 1 N–H and O–H groups in total. The van der Waals surface area contributed by atoms with Gasteiger partial charge in [0.15, 0.2) is 0 Å². The first-order valence-electron chi connectivity index (χ1n) is 5.54. The molecular formula is C14H17BrO3. The third-order valence-electron chi connectivity index (χ3n) is 2.56. The van der Waals surface area contributed by atoms with E-state index in [-0.39, 0.29) is 11.2 Å². The van der Waals surface area contributed by atoms with Crippen LogP contribution in [0.5, 0.6) is 5.75 Å². The number of hydrogen-bond acceptors (Lipinski definition) is 3. The van der Waals surface area contributed by atoms with Crippen LogP contribution in [0.2, 0.25) is 0 Å². The van der Waals surface area contributed by atoms with Crippen molar-refractivity contribution in [2.75, 3.05) is 7.11 Å². The van der Waals surface area contributed by atoms with Crippen LogP contribution in [-0.4, -0.2) is 18.2 Å². The third kappa shape index (κ3) is 3.60. The highest BCUT2D eigenvalue weighted by molar-refractivity contribution is 9.10. The first-order chi connectivity index (χ1) is 8.25. The average Bonchev–Trinajstić information content (AvgIpc) is 2.28. The number of benzene rings is 1. The molecule has 0 aromatic heterocycles. The molecule has 0 unspecified atom stereocenters. The average molecular weight is 313 g/mol. The van der Waals surface area contributed by atoms with Crippen LogP contribution in [0.15, 0.2) is 22.7 Å². The molecule has 0 heterocycles. The SMILES string of the molecule is COC(=O)C=Cc1cc(C(C)(C)C)cc(Br)c1O. The fourth-order valence-electron chi connectivity index (χ4n) is 1.41. The molecule has 3 nitrogen and oxygen atoms in total. The van der Waals surface area contributed by atoms with Crippen LogP contribution in [0.3, 0.4) is 0 Å². The number of halogens is 1. The van der Waals surface area contributed by atoms with Gasteiger partial charge >= 0.3 is 5.97 Å². The number of carbonyl (C=O) groups is 1. The van der Waals surface area contributed by atoms with Crippen molar-refractivity contribution in [3.05, 3.63) is 33.8 Å². The summed E-state index contributed by atoms with van der Waals surface area (Å²) in [5.74, 6) is -0.338. The number of carbonyl (C=O) groups excluding carboxylic acids is 1. The minimum absolute atomic E-state index is 0.0376. The van der Waals surface area contributed by atoms with Crippen molar-refractivity contribution < 1.29 is 14.6 Å². The highest BCUT2D eigenvalue weighted by Crippen LogP contribution is 2.34. The van der Waals surface area contributed by atoms with Crippen molar-refractivity contribution in [3.8, 4) is 5.75 Å². The highest BCUT2D eigenvalue weighted by Gasteiger charge is 2.17. The summed E-state index contributed by atoms with van der Waals surface area (Å²) in [6.45, 7) is 6.25. The Labute approximate surface area is 116 Å². The lowest BCUT2D eigenvalue weighted by Crippen LogP contribution is -2.11. The minimum Gasteiger partial charge on any atom is -0.506 e. The van der Waals surface area contributed by atoms with Crippen molar-refractivity contribution in [2.45, 2.75) is 26.2 Å². The molecule has 18 heavy (non-hydrogen) atoms. The van der Waals surface area contributed by atoms with Gasteiger partial charge in [0, 0.05) is 11.6 Å². The molecule has 1 rings (SSSR count). The maximum absolute atomic E-state index is 11.1. The third-order valence-corrected chi connectivity index (χ3v) is 3.16. The summed E-state index contributed by atoms with van der Waals surface area (Å²) in [5.41, 5.74) is 1.61. The van der Waals surface area contributed by atoms with E-state index in [2.05, 4.69) is 41.4 Å². The van der Waals surface area contributed by atoms with Crippen LogP contribution >= 0.6 is 15.9 Å². The smallest absolute Gasteiger partial charge is 0.330 e. The largest absolute Gasteiger partial charge is 0.506 e. The number of phenols is 1. The molecule has 98 valence electrons. The van der Waals surface area contributed by atoms with Gasteiger partial charge in [0.05, 0.1) is 11.6 Å². The molecule has 0 bridgehead atoms. The molecule has 0 amide bonds. The molecule has 0 radical (unpaired) electrons. The summed E-state index contributed by atoms with van der Waals surface area (Å²) >= 11 is 3.31. The quantitative estimate of drug-likeness (QED) is 0.670. The van der Waals surface area contributed by atoms with Crippen LogP contribution in [0.25, 0.3) is 6.08 Å². The molecule has 0 atom stereocenters. The molecule has 4 heteroatoms. The van der Waals surface area contributed by atoms with Crippen molar-refractivity contribution in [1.29, 1.82) is 0 Å². The second kappa shape index (κ2) is 5.57. The first kappa shape index (κ1) is 14.8. The second-order valence-corrected chi connectivity index (χ2v) is 5.86. The predicted octanol–water partition coefficient (Wildman–Crippen LogP) is 3.64. The normalized spacial score (nSPS) is 11.8. The lowest BCUT2D eigenvalue weighted by Gasteiger charge is -2.20. The Bertz CT molecular complexity index is 485. The molecule has 0 saturated heterocycles. The van der Waals surface area contributed by atoms with Crippen molar-refractivity contribution >= 4 is 28.0 Å². The zero-order valence-electron chi connectivity index (χ0n) is 11.0. The van der Waals surface area contributed by atoms with Gasteiger partial charge in [-0.1, -0.05) is 20.8 Å². The lowest BCUT2D eigenvalue weighted by atomic mass is 9.86. The number of rotatable bonds is 2. The summed E-state index contributed by atoms with van der Waals surface area (Å²) in [5, 5.41) is 9.92. The van der Waals surface area contributed by atoms with Gasteiger partial charge in [0.25, 0.3) is 0 Å². The van der Waals surface area contributed by atoms with Gasteiger partial charge in [0.2, 0.25) is 0 Å². The van der Waals surface area contributed by atoms with Gasteiger partial charge in [-0.2, -0.15) is 0 Å². The van der Waals surface area contributed by atoms with Crippen LogP contribution in [0.4, 0.5) is 0 Å². The summed E-state index contributed by atoms with van der Waals surface area (Å²) < 4.78 is 5.13. The topological polar surface area (TPSA) is 46.5 Å². The fourth-order valence-corrected chi connectivity index (χ4v) is 1.88. The maximum Gasteiger partial charge on any atom is 0.330 e. The van der Waals surface area contributed by atoms with E-state index >= 15 is 0 Å². The van der Waals surface area contributed by atoms with Gasteiger partial charge in [-0.3, -0.25) is 0 Å². The number of ether oxygens (including phenoxy) is 1. The van der Waals surface area contributed by atoms with Crippen molar-refractivity contribution in [1.82, 2.24) is 0 Å². The zero-order valence-corrected chi connectivity index (χ0v) is 12.5. The summed E-state index contributed by atoms with van der Waals surface area (Å²) in [7, 11) is 1.31. The Balaban J connectivity index is 3.23. The molecule has 0 saturated carbocycles. The number of methoxy groups -OCH3 is 1. The number of esters is 1. The van der Waals surface area contributed by atoms with Crippen LogP contribution in [0, 0.1) is 0 Å². The molecule has 0 fully saturated rings. The zero-order chi connectivity index (χ0) is 13.9. The fraction of sp³-hybridized carbons (Fsp3) is 0.357. The molecule has 0 spiro atoms. The molecule has 0 aliphatic rings. The molecular weight excluding hydrogens is 296 g/mol. The van der Waals surface area contributed by atoms with Crippen molar-refractivity contribution in [2.24, 2.45) is 0 Å². The van der Waals surface area contributed by atoms with E-state index in [0.717, 1.165) is 5.56 Å². The predicted molar refractivity (Wildman–Crippen MR) is 75.6 cm³/mol. The number of aromatic hydroxyl groups is 1. The first-order valence-corrected chi connectivity index (χ1v) is 6.34. The van der Waals surface area contributed by atoms with Crippen LogP contribution in [-0.2, 0) is 14.9 Å². The van der Waals surface area contributed by atoms with Gasteiger partial charge in [-0.25, -0.2) is 4.79 Å². The molecule has 0 aliphatic carbocycles. The maximum atomic E-state index is 11.1. The highest BCUT2D eigenvalue weighted by atomic mass is 79.9. The number of hydrogen-bond donors (Lipinski definition) is 1. The summed E-state index contributed by atoms with van der Waals surface area (Å²) in [6.07, 6.45) is 2.83.